The van der Waals surface area contributed by atoms with E-state index in [0.29, 0.717) is 0 Å². The smallest absolute Gasteiger partial charge is 0.328 e. The van der Waals surface area contributed by atoms with Crippen LogP contribution < -0.4 is 5.32 Å². The van der Waals surface area contributed by atoms with E-state index in [-0.39, 0.29) is 23.7 Å². The van der Waals surface area contributed by atoms with Crippen molar-refractivity contribution in [3.63, 3.8) is 0 Å². The van der Waals surface area contributed by atoms with Gasteiger partial charge in [0.15, 0.2) is 0 Å². The highest BCUT2D eigenvalue weighted by atomic mass is 16.5. The van der Waals surface area contributed by atoms with Gasteiger partial charge in [-0.3, -0.25) is 4.79 Å². The molecule has 4 heteroatoms. The molecule has 1 saturated carbocycles. The second-order valence-electron chi connectivity index (χ2n) is 5.22. The van der Waals surface area contributed by atoms with Crippen LogP contribution in [-0.4, -0.2) is 25.0 Å². The third kappa shape index (κ3) is 4.00. The molecule has 18 heavy (non-hydrogen) atoms. The summed E-state index contributed by atoms with van der Waals surface area (Å²) in [4.78, 5) is 23.7. The first-order chi connectivity index (χ1) is 8.60. The summed E-state index contributed by atoms with van der Waals surface area (Å²) >= 11 is 0. The minimum absolute atomic E-state index is 0.0431. The van der Waals surface area contributed by atoms with E-state index in [0.717, 1.165) is 32.1 Å². The molecule has 0 saturated heterocycles. The van der Waals surface area contributed by atoms with Gasteiger partial charge in [-0.15, -0.1) is 0 Å². The van der Waals surface area contributed by atoms with Crippen LogP contribution in [0, 0.1) is 11.8 Å². The predicted molar refractivity (Wildman–Crippen MR) is 70.0 cm³/mol. The van der Waals surface area contributed by atoms with Crippen molar-refractivity contribution < 1.29 is 14.3 Å². The summed E-state index contributed by atoms with van der Waals surface area (Å²) in [7, 11) is 1.38. The van der Waals surface area contributed by atoms with Crippen LogP contribution in [0.5, 0.6) is 0 Å². The van der Waals surface area contributed by atoms with E-state index in [9.17, 15) is 9.59 Å². The van der Waals surface area contributed by atoms with Gasteiger partial charge in [-0.05, 0) is 25.2 Å². The van der Waals surface area contributed by atoms with Gasteiger partial charge in [-0.2, -0.15) is 0 Å². The summed E-state index contributed by atoms with van der Waals surface area (Å²) in [5.41, 5.74) is 0. The number of nitrogens with one attached hydrogen (secondary N) is 1. The Morgan fingerprint density at radius 3 is 2.39 bits per heavy atom. The maximum Gasteiger partial charge on any atom is 0.328 e. The van der Waals surface area contributed by atoms with E-state index < -0.39 is 6.04 Å². The fourth-order valence-corrected chi connectivity index (χ4v) is 2.44. The van der Waals surface area contributed by atoms with Crippen molar-refractivity contribution in [2.45, 2.75) is 58.4 Å². The Labute approximate surface area is 109 Å². The molecule has 0 aromatic heterocycles. The zero-order chi connectivity index (χ0) is 13.5. The molecule has 1 aliphatic carbocycles. The average molecular weight is 255 g/mol. The minimum atomic E-state index is -0.461. The Hall–Kier alpha value is -1.06. The largest absolute Gasteiger partial charge is 0.467 e. The summed E-state index contributed by atoms with van der Waals surface area (Å²) < 4.78 is 4.83. The number of ether oxygens (including phenoxy) is 1. The number of carbonyl (C=O) groups is 2. The van der Waals surface area contributed by atoms with Crippen LogP contribution in [0.15, 0.2) is 0 Å². The molecular formula is C14H25NO3. The Kier molecular flexibility index (Phi) is 6.16. The number of methoxy groups -OCH3 is 1. The van der Waals surface area contributed by atoms with Crippen molar-refractivity contribution in [1.29, 1.82) is 0 Å². The lowest BCUT2D eigenvalue weighted by Crippen LogP contribution is -2.48. The molecule has 1 amide bonds. The van der Waals surface area contributed by atoms with Gasteiger partial charge in [0, 0.05) is 5.92 Å². The van der Waals surface area contributed by atoms with E-state index in [2.05, 4.69) is 5.32 Å². The summed E-state index contributed by atoms with van der Waals surface area (Å²) in [6.45, 7) is 3.85. The van der Waals surface area contributed by atoms with Gasteiger partial charge in [0.05, 0.1) is 7.11 Å². The van der Waals surface area contributed by atoms with Gasteiger partial charge >= 0.3 is 5.97 Å². The molecular weight excluding hydrogens is 230 g/mol. The van der Waals surface area contributed by atoms with Gasteiger partial charge < -0.3 is 10.1 Å². The van der Waals surface area contributed by atoms with E-state index in [4.69, 9.17) is 4.74 Å². The number of esters is 1. The maximum absolute atomic E-state index is 11.9. The summed E-state index contributed by atoms with van der Waals surface area (Å²) in [6, 6.07) is -0.461. The van der Waals surface area contributed by atoms with Crippen LogP contribution in [0.4, 0.5) is 0 Å². The minimum Gasteiger partial charge on any atom is -0.467 e. The molecule has 1 aliphatic rings. The highest BCUT2D eigenvalue weighted by molar-refractivity contribution is 5.85. The Morgan fingerprint density at radius 1 is 1.28 bits per heavy atom. The van der Waals surface area contributed by atoms with Gasteiger partial charge in [-0.1, -0.05) is 33.1 Å². The van der Waals surface area contributed by atoms with Crippen molar-refractivity contribution >= 4 is 11.9 Å². The fraction of sp³-hybridized carbons (Fsp3) is 0.857. The van der Waals surface area contributed by atoms with E-state index >= 15 is 0 Å². The monoisotopic (exact) mass is 255 g/mol. The quantitative estimate of drug-likeness (QED) is 0.767. The molecule has 2 atom stereocenters. The van der Waals surface area contributed by atoms with E-state index in [1.54, 1.807) is 0 Å². The molecule has 0 aromatic carbocycles. The molecule has 0 aromatic rings. The molecule has 4 nitrogen and oxygen atoms in total. The van der Waals surface area contributed by atoms with Gasteiger partial charge in [0.2, 0.25) is 5.91 Å². The van der Waals surface area contributed by atoms with Crippen LogP contribution in [-0.2, 0) is 14.3 Å². The van der Waals surface area contributed by atoms with E-state index in [1.807, 2.05) is 13.8 Å². The van der Waals surface area contributed by atoms with Gasteiger partial charge in [-0.25, -0.2) is 4.79 Å². The van der Waals surface area contributed by atoms with Crippen LogP contribution in [0.25, 0.3) is 0 Å². The molecule has 1 rings (SSSR count). The second kappa shape index (κ2) is 7.39. The van der Waals surface area contributed by atoms with Crippen molar-refractivity contribution in [3.8, 4) is 0 Å². The molecule has 1 fully saturated rings. The maximum atomic E-state index is 11.9. The normalized spacial score (nSPS) is 19.9. The number of hydrogen-bond donors (Lipinski definition) is 1. The van der Waals surface area contributed by atoms with Gasteiger partial charge in [0.25, 0.3) is 0 Å². The molecule has 0 bridgehead atoms. The average Bonchev–Trinajstić information content (AvgIpc) is 2.43. The SMILES string of the molecule is CC[C@@H](C)C(=O)N[C@H](C(=O)OC)C1CCCCC1. The highest BCUT2D eigenvalue weighted by Crippen LogP contribution is 2.27. The van der Waals surface area contributed by atoms with Crippen LogP contribution >= 0.6 is 0 Å². The van der Waals surface area contributed by atoms with Crippen molar-refractivity contribution in [1.82, 2.24) is 5.32 Å². The van der Waals surface area contributed by atoms with Crippen molar-refractivity contribution in [2.24, 2.45) is 11.8 Å². The standard InChI is InChI=1S/C14H25NO3/c1-4-10(2)13(16)15-12(14(17)18-3)11-8-6-5-7-9-11/h10-12H,4-9H2,1-3H3,(H,15,16)/t10-,12+/m1/s1. The summed E-state index contributed by atoms with van der Waals surface area (Å²) in [5, 5.41) is 2.87. The Balaban J connectivity index is 2.65. The topological polar surface area (TPSA) is 55.4 Å². The van der Waals surface area contributed by atoms with Crippen LogP contribution in [0.1, 0.15) is 52.4 Å². The number of carbonyl (C=O) groups excluding carboxylic acids is 2. The molecule has 1 N–H and O–H groups in total. The first kappa shape index (κ1) is 15.0. The number of amides is 1. The van der Waals surface area contributed by atoms with E-state index in [1.165, 1.54) is 13.5 Å². The predicted octanol–water partition coefficient (Wildman–Crippen LogP) is 2.27. The number of rotatable bonds is 5. The van der Waals surface area contributed by atoms with Gasteiger partial charge in [0.1, 0.15) is 6.04 Å². The van der Waals surface area contributed by atoms with Crippen LogP contribution in [0.2, 0.25) is 0 Å². The molecule has 0 unspecified atom stereocenters. The third-order valence-corrected chi connectivity index (χ3v) is 3.93. The van der Waals surface area contributed by atoms with Crippen LogP contribution in [0.3, 0.4) is 0 Å². The third-order valence-electron chi connectivity index (χ3n) is 3.93. The molecule has 0 aliphatic heterocycles. The lowest BCUT2D eigenvalue weighted by molar-refractivity contribution is -0.147. The Morgan fingerprint density at radius 2 is 1.89 bits per heavy atom. The Bertz CT molecular complexity index is 283. The van der Waals surface area contributed by atoms with Crippen molar-refractivity contribution in [2.75, 3.05) is 7.11 Å². The lowest BCUT2D eigenvalue weighted by Gasteiger charge is -2.29. The number of hydrogen-bond acceptors (Lipinski definition) is 3. The lowest BCUT2D eigenvalue weighted by atomic mass is 9.83. The summed E-state index contributed by atoms with van der Waals surface area (Å²) in [5.74, 6) is -0.169. The molecule has 0 spiro atoms. The second-order valence-corrected chi connectivity index (χ2v) is 5.22. The fourth-order valence-electron chi connectivity index (χ4n) is 2.44. The zero-order valence-corrected chi connectivity index (χ0v) is 11.7. The first-order valence-corrected chi connectivity index (χ1v) is 6.98. The molecule has 0 heterocycles. The van der Waals surface area contributed by atoms with Crippen molar-refractivity contribution in [3.05, 3.63) is 0 Å². The zero-order valence-electron chi connectivity index (χ0n) is 11.7. The molecule has 0 radical (unpaired) electrons. The summed E-state index contributed by atoms with van der Waals surface area (Å²) in [6.07, 6.45) is 6.28. The highest BCUT2D eigenvalue weighted by Gasteiger charge is 2.32. The molecule has 104 valence electrons. The first-order valence-electron chi connectivity index (χ1n) is 6.98.